The third kappa shape index (κ3) is 10.0. The Balaban J connectivity index is 1.47. The van der Waals surface area contributed by atoms with Gasteiger partial charge in [0, 0.05) is 92.4 Å². The molecule has 0 saturated carbocycles. The highest BCUT2D eigenvalue weighted by molar-refractivity contribution is 5.64. The summed E-state index contributed by atoms with van der Waals surface area (Å²) in [7, 11) is 13.9. The molecule has 0 N–H and O–H groups in total. The largest absolute Gasteiger partial charge is 0.496 e. The maximum atomic E-state index is 6.44. The van der Waals surface area contributed by atoms with Crippen molar-refractivity contribution in [2.75, 3.05) is 56.9 Å². The van der Waals surface area contributed by atoms with E-state index < -0.39 is 0 Å². The molecule has 0 radical (unpaired) electrons. The average Bonchev–Trinajstić information content (AvgIpc) is 3.44. The van der Waals surface area contributed by atoms with Gasteiger partial charge in [-0.25, -0.2) is 0 Å². The summed E-state index contributed by atoms with van der Waals surface area (Å²) in [6.45, 7) is 0. The normalized spacial score (nSPS) is 16.0. The highest BCUT2D eigenvalue weighted by atomic mass is 16.5. The van der Waals surface area contributed by atoms with Gasteiger partial charge in [-0.1, -0.05) is 121 Å². The molecule has 0 unspecified atom stereocenters. The summed E-state index contributed by atoms with van der Waals surface area (Å²) < 4.78 is 51.5. The molecule has 0 aromatic heterocycles. The SMILES string of the molecule is COc1cc(OC)c2cc1C(Cc1ccccc1)c1cc(c(OC)cc1OC)C(Cc1ccccc1)c1cc(c(OC)cc1OC)C(Cc1ccccc1)c1cc(c(OC)cc1OC)C2Cc1ccccc1. The second-order valence-corrected chi connectivity index (χ2v) is 18.3. The van der Waals surface area contributed by atoms with Gasteiger partial charge in [-0.05, 0) is 72.2 Å². The molecule has 368 valence electrons. The quantitative estimate of drug-likeness (QED) is 0.0948. The van der Waals surface area contributed by atoms with E-state index in [-0.39, 0.29) is 23.7 Å². The lowest BCUT2D eigenvalue weighted by molar-refractivity contribution is 0.375. The lowest BCUT2D eigenvalue weighted by atomic mass is 9.75. The van der Waals surface area contributed by atoms with Gasteiger partial charge in [0.05, 0.1) is 56.9 Å². The maximum absolute atomic E-state index is 6.44. The lowest BCUT2D eigenvalue weighted by Gasteiger charge is -2.31. The maximum Gasteiger partial charge on any atom is 0.126 e. The molecule has 1 aliphatic carbocycles. The number of methoxy groups -OCH3 is 8. The van der Waals surface area contributed by atoms with E-state index in [0.717, 1.165) is 66.8 Å². The van der Waals surface area contributed by atoms with E-state index in [2.05, 4.69) is 170 Å². The number of hydrogen-bond donors (Lipinski definition) is 0. The molecular weight excluding hydrogens is 897 g/mol. The standard InChI is InChI=1S/C64H64O8/c1-65-57-37-58(66-2)50-33-49(57)45(29-41-21-13-9-14-22-41)51-34-52(60(68-4)38-59(51)67-3)47(31-43-25-17-11-18-26-43)55-36-56(64(72-8)40-63(55)71-7)48(32-44-27-19-12-20-28-44)54-35-53(61(69-5)39-62(54)70-6)46(50)30-42-23-15-10-16-24-42/h9-28,33-40,45-48H,29-32H2,1-8H3. The van der Waals surface area contributed by atoms with Gasteiger partial charge in [-0.3, -0.25) is 0 Å². The minimum absolute atomic E-state index is 0.286. The highest BCUT2D eigenvalue weighted by Crippen LogP contribution is 2.52. The molecule has 0 spiro atoms. The molecule has 9 rings (SSSR count). The first-order valence-corrected chi connectivity index (χ1v) is 24.5. The van der Waals surface area contributed by atoms with Gasteiger partial charge >= 0.3 is 0 Å². The number of benzene rings is 8. The predicted molar refractivity (Wildman–Crippen MR) is 286 cm³/mol. The molecule has 8 aromatic rings. The Morgan fingerprint density at radius 3 is 0.514 bits per heavy atom. The van der Waals surface area contributed by atoms with Crippen LogP contribution in [-0.4, -0.2) is 56.9 Å². The van der Waals surface area contributed by atoms with Crippen LogP contribution in [0.3, 0.4) is 0 Å². The number of hydrogen-bond acceptors (Lipinski definition) is 8. The van der Waals surface area contributed by atoms with Crippen molar-refractivity contribution in [1.82, 2.24) is 0 Å². The molecular formula is C64H64O8. The van der Waals surface area contributed by atoms with Crippen molar-refractivity contribution in [3.63, 3.8) is 0 Å². The van der Waals surface area contributed by atoms with Gasteiger partial charge in [0.15, 0.2) is 0 Å². The predicted octanol–water partition coefficient (Wildman–Crippen LogP) is 13.6. The second-order valence-electron chi connectivity index (χ2n) is 18.3. The minimum Gasteiger partial charge on any atom is -0.496 e. The number of ether oxygens (including phenoxy) is 8. The van der Waals surface area contributed by atoms with Crippen LogP contribution in [0.5, 0.6) is 46.0 Å². The Hall–Kier alpha value is -7.84. The summed E-state index contributed by atoms with van der Waals surface area (Å²) in [5.74, 6) is 4.44. The first-order chi connectivity index (χ1) is 35.3. The topological polar surface area (TPSA) is 73.8 Å². The van der Waals surface area contributed by atoms with Crippen LogP contribution in [0.2, 0.25) is 0 Å². The summed E-state index contributed by atoms with van der Waals surface area (Å²) in [6, 6.07) is 59.8. The molecule has 8 aromatic carbocycles. The Bertz CT molecular complexity index is 2550. The fourth-order valence-electron chi connectivity index (χ4n) is 10.9. The van der Waals surface area contributed by atoms with Gasteiger partial charge in [0.1, 0.15) is 46.0 Å². The van der Waals surface area contributed by atoms with Crippen molar-refractivity contribution in [1.29, 1.82) is 0 Å². The summed E-state index contributed by atoms with van der Waals surface area (Å²) in [5, 5.41) is 0. The smallest absolute Gasteiger partial charge is 0.126 e. The molecule has 1 aliphatic rings. The van der Waals surface area contributed by atoms with E-state index >= 15 is 0 Å². The molecule has 72 heavy (non-hydrogen) atoms. The lowest BCUT2D eigenvalue weighted by Crippen LogP contribution is -2.17. The zero-order valence-electron chi connectivity index (χ0n) is 42.6. The van der Waals surface area contributed by atoms with Crippen LogP contribution >= 0.6 is 0 Å². The molecule has 0 saturated heterocycles. The summed E-state index contributed by atoms with van der Waals surface area (Å²) >= 11 is 0. The third-order valence-corrected chi connectivity index (χ3v) is 14.5. The zero-order valence-corrected chi connectivity index (χ0v) is 42.6. The molecule has 8 bridgehead atoms. The van der Waals surface area contributed by atoms with Crippen LogP contribution in [-0.2, 0) is 25.7 Å². The Labute approximate surface area is 425 Å². The third-order valence-electron chi connectivity index (χ3n) is 14.5. The van der Waals surface area contributed by atoms with Gasteiger partial charge in [0.25, 0.3) is 0 Å². The summed E-state index contributed by atoms with van der Waals surface area (Å²) in [5.41, 5.74) is 12.5. The van der Waals surface area contributed by atoms with Gasteiger partial charge in [-0.15, -0.1) is 0 Å². The van der Waals surface area contributed by atoms with Gasteiger partial charge in [0.2, 0.25) is 0 Å². The van der Waals surface area contributed by atoms with Crippen molar-refractivity contribution < 1.29 is 37.9 Å². The Kier molecular flexibility index (Phi) is 15.4. The monoisotopic (exact) mass is 960 g/mol. The average molecular weight is 961 g/mol. The van der Waals surface area contributed by atoms with E-state index in [1.807, 2.05) is 0 Å². The van der Waals surface area contributed by atoms with Gasteiger partial charge in [-0.2, -0.15) is 0 Å². The highest BCUT2D eigenvalue weighted by Gasteiger charge is 2.35. The van der Waals surface area contributed by atoms with Crippen LogP contribution in [0.1, 0.15) is 90.4 Å². The fraction of sp³-hybridized carbons (Fsp3) is 0.250. The van der Waals surface area contributed by atoms with Crippen molar-refractivity contribution in [2.45, 2.75) is 49.4 Å². The van der Waals surface area contributed by atoms with Crippen LogP contribution in [0.15, 0.2) is 170 Å². The molecule has 0 fully saturated rings. The van der Waals surface area contributed by atoms with Crippen LogP contribution in [0, 0.1) is 0 Å². The molecule has 8 heteroatoms. The first kappa shape index (κ1) is 49.2. The van der Waals surface area contributed by atoms with Crippen LogP contribution < -0.4 is 37.9 Å². The van der Waals surface area contributed by atoms with E-state index in [9.17, 15) is 0 Å². The van der Waals surface area contributed by atoms with E-state index in [1.165, 1.54) is 0 Å². The zero-order chi connectivity index (χ0) is 50.1. The minimum atomic E-state index is -0.286. The molecule has 0 atom stereocenters. The molecule has 0 heterocycles. The fourth-order valence-corrected chi connectivity index (χ4v) is 10.9. The van der Waals surface area contributed by atoms with E-state index in [0.29, 0.717) is 71.7 Å². The molecule has 0 amide bonds. The number of rotatable bonds is 16. The molecule has 0 aliphatic heterocycles. The van der Waals surface area contributed by atoms with E-state index in [1.54, 1.807) is 56.9 Å². The van der Waals surface area contributed by atoms with Crippen molar-refractivity contribution in [3.05, 3.63) is 237 Å². The van der Waals surface area contributed by atoms with Crippen molar-refractivity contribution in [3.8, 4) is 46.0 Å². The van der Waals surface area contributed by atoms with Crippen LogP contribution in [0.25, 0.3) is 0 Å². The second kappa shape index (κ2) is 22.5. The van der Waals surface area contributed by atoms with Crippen molar-refractivity contribution in [2.24, 2.45) is 0 Å². The van der Waals surface area contributed by atoms with Crippen molar-refractivity contribution >= 4 is 0 Å². The first-order valence-electron chi connectivity index (χ1n) is 24.5. The number of fused-ring (bicyclic) bond motifs is 8. The molecule has 8 nitrogen and oxygen atoms in total. The summed E-state index contributed by atoms with van der Waals surface area (Å²) in [6.07, 6.45) is 2.52. The Morgan fingerprint density at radius 2 is 0.375 bits per heavy atom. The Morgan fingerprint density at radius 1 is 0.222 bits per heavy atom. The van der Waals surface area contributed by atoms with Gasteiger partial charge < -0.3 is 37.9 Å². The van der Waals surface area contributed by atoms with Crippen LogP contribution in [0.4, 0.5) is 0 Å². The summed E-state index contributed by atoms with van der Waals surface area (Å²) in [4.78, 5) is 0. The van der Waals surface area contributed by atoms with E-state index in [4.69, 9.17) is 37.9 Å².